The van der Waals surface area contributed by atoms with Crippen molar-refractivity contribution >= 4 is 6.09 Å². The van der Waals surface area contributed by atoms with Crippen molar-refractivity contribution in [3.05, 3.63) is 83.7 Å². The molecule has 0 bridgehead atoms. The largest absolute Gasteiger partial charge is 0.465 e. The van der Waals surface area contributed by atoms with E-state index in [1.165, 1.54) is 5.56 Å². The summed E-state index contributed by atoms with van der Waals surface area (Å²) in [5.74, 6) is 0. The van der Waals surface area contributed by atoms with Gasteiger partial charge in [-0.2, -0.15) is 5.10 Å². The Morgan fingerprint density at radius 2 is 1.76 bits per heavy atom. The van der Waals surface area contributed by atoms with E-state index in [0.717, 1.165) is 77.0 Å². The number of fused-ring (bicyclic) bond motifs is 3. The van der Waals surface area contributed by atoms with E-state index in [2.05, 4.69) is 45.8 Å². The topological polar surface area (TPSA) is 90.9 Å². The second-order valence-electron chi connectivity index (χ2n) is 8.96. The van der Waals surface area contributed by atoms with Crippen LogP contribution in [0.3, 0.4) is 0 Å². The third kappa shape index (κ3) is 3.30. The van der Waals surface area contributed by atoms with Crippen LogP contribution in [-0.4, -0.2) is 26.4 Å². The van der Waals surface area contributed by atoms with E-state index in [9.17, 15) is 9.90 Å². The van der Waals surface area contributed by atoms with Gasteiger partial charge in [-0.15, -0.1) is 0 Å². The predicted molar refractivity (Wildman–Crippen MR) is 127 cm³/mol. The Bertz CT molecular complexity index is 1340. The maximum atomic E-state index is 11.3. The summed E-state index contributed by atoms with van der Waals surface area (Å²) < 4.78 is 0. The fourth-order valence-electron chi connectivity index (χ4n) is 5.17. The lowest BCUT2D eigenvalue weighted by molar-refractivity contribution is 0.144. The Morgan fingerprint density at radius 1 is 0.970 bits per heavy atom. The highest BCUT2D eigenvalue weighted by Gasteiger charge is 2.40. The van der Waals surface area contributed by atoms with E-state index in [-0.39, 0.29) is 0 Å². The number of pyridine rings is 1. The lowest BCUT2D eigenvalue weighted by Crippen LogP contribution is -2.50. The number of aromatic nitrogens is 3. The number of hydrogen-bond acceptors (Lipinski definition) is 3. The Labute approximate surface area is 191 Å². The molecule has 1 fully saturated rings. The Balaban J connectivity index is 1.47. The number of hydrogen-bond donors (Lipinski definition) is 3. The average molecular weight is 437 g/mol. The molecule has 33 heavy (non-hydrogen) atoms. The van der Waals surface area contributed by atoms with Gasteiger partial charge in [-0.1, -0.05) is 54.6 Å². The van der Waals surface area contributed by atoms with Gasteiger partial charge in [-0.3, -0.25) is 10.1 Å². The van der Waals surface area contributed by atoms with Crippen LogP contribution < -0.4 is 5.32 Å². The third-order valence-electron chi connectivity index (χ3n) is 7.07. The van der Waals surface area contributed by atoms with E-state index in [1.807, 2.05) is 36.5 Å². The molecule has 0 saturated heterocycles. The van der Waals surface area contributed by atoms with Crippen LogP contribution in [0, 0.1) is 0 Å². The molecule has 2 aliphatic rings. The van der Waals surface area contributed by atoms with Crippen molar-refractivity contribution in [3.63, 3.8) is 0 Å². The van der Waals surface area contributed by atoms with E-state index < -0.39 is 11.6 Å². The highest BCUT2D eigenvalue weighted by atomic mass is 16.4. The first-order valence-electron chi connectivity index (χ1n) is 11.4. The number of nitrogens with one attached hydrogen (secondary N) is 2. The standard InChI is InChI=1S/C27H24N4O2/c32-26(33)30-27(13-4-14-27)20-10-7-18(8-11-20)24-21(17-5-2-1-3-6-17)15-22-23(29-24)12-9-19-16-28-31-25(19)22/h1-3,5-8,10-11,15-16,30H,4,9,12-14H2,(H,28,31)(H,32,33). The molecular weight excluding hydrogens is 412 g/mol. The van der Waals surface area contributed by atoms with Gasteiger partial charge < -0.3 is 10.4 Å². The molecular formula is C27H24N4O2. The zero-order chi connectivity index (χ0) is 22.4. The SMILES string of the molecule is O=C(O)NC1(c2ccc(-c3nc4c(cc3-c3ccccc3)-c3[nH]ncc3CC4)cc2)CCC1. The second kappa shape index (κ2) is 7.59. The van der Waals surface area contributed by atoms with Crippen LogP contribution in [0.5, 0.6) is 0 Å². The molecule has 164 valence electrons. The second-order valence-corrected chi connectivity index (χ2v) is 8.96. The molecule has 0 spiro atoms. The first kappa shape index (κ1) is 19.7. The number of nitrogens with zero attached hydrogens (tertiary/aromatic N) is 2. The number of benzene rings is 2. The van der Waals surface area contributed by atoms with Crippen molar-refractivity contribution in [2.75, 3.05) is 0 Å². The zero-order valence-corrected chi connectivity index (χ0v) is 18.1. The van der Waals surface area contributed by atoms with Gasteiger partial charge in [-0.05, 0) is 54.9 Å². The summed E-state index contributed by atoms with van der Waals surface area (Å²) in [6, 6.07) is 20.8. The number of rotatable bonds is 4. The van der Waals surface area contributed by atoms with Gasteiger partial charge in [0, 0.05) is 16.7 Å². The predicted octanol–water partition coefficient (Wildman–Crippen LogP) is 5.55. The molecule has 6 heteroatoms. The van der Waals surface area contributed by atoms with Crippen LogP contribution in [-0.2, 0) is 18.4 Å². The first-order chi connectivity index (χ1) is 16.1. The third-order valence-corrected chi connectivity index (χ3v) is 7.07. The average Bonchev–Trinajstić information content (AvgIpc) is 3.31. The van der Waals surface area contributed by atoms with Gasteiger partial charge >= 0.3 is 6.09 Å². The molecule has 0 atom stereocenters. The smallest absolute Gasteiger partial charge is 0.405 e. The summed E-state index contributed by atoms with van der Waals surface area (Å²) in [5, 5.41) is 19.5. The first-order valence-corrected chi connectivity index (χ1v) is 11.4. The Hall–Kier alpha value is -3.93. The Kier molecular flexibility index (Phi) is 4.54. The van der Waals surface area contributed by atoms with Crippen molar-refractivity contribution in [3.8, 4) is 33.6 Å². The summed E-state index contributed by atoms with van der Waals surface area (Å²) >= 11 is 0. The van der Waals surface area contributed by atoms with Crippen LogP contribution in [0.15, 0.2) is 66.9 Å². The van der Waals surface area contributed by atoms with Crippen LogP contribution in [0.25, 0.3) is 33.6 Å². The lowest BCUT2D eigenvalue weighted by Gasteiger charge is -2.42. The number of carbonyl (C=O) groups is 1. The zero-order valence-electron chi connectivity index (χ0n) is 18.1. The van der Waals surface area contributed by atoms with Crippen LogP contribution in [0.2, 0.25) is 0 Å². The van der Waals surface area contributed by atoms with Crippen molar-refractivity contribution in [1.29, 1.82) is 0 Å². The molecule has 2 aromatic carbocycles. The van der Waals surface area contributed by atoms with E-state index in [1.54, 1.807) is 0 Å². The maximum absolute atomic E-state index is 11.3. The fraction of sp³-hybridized carbons (Fsp3) is 0.222. The van der Waals surface area contributed by atoms with E-state index in [0.29, 0.717) is 0 Å². The molecule has 2 aromatic heterocycles. The van der Waals surface area contributed by atoms with E-state index >= 15 is 0 Å². The summed E-state index contributed by atoms with van der Waals surface area (Å²) in [6.45, 7) is 0. The van der Waals surface area contributed by atoms with Gasteiger partial charge in [-0.25, -0.2) is 4.79 Å². The molecule has 1 saturated carbocycles. The maximum Gasteiger partial charge on any atom is 0.405 e. The molecule has 0 unspecified atom stereocenters. The monoisotopic (exact) mass is 436 g/mol. The number of amides is 1. The van der Waals surface area contributed by atoms with Crippen molar-refractivity contribution in [1.82, 2.24) is 20.5 Å². The Morgan fingerprint density at radius 3 is 2.45 bits per heavy atom. The normalized spacial score (nSPS) is 15.8. The van der Waals surface area contributed by atoms with Crippen LogP contribution >= 0.6 is 0 Å². The minimum atomic E-state index is -0.973. The van der Waals surface area contributed by atoms with Crippen molar-refractivity contribution < 1.29 is 9.90 Å². The molecule has 2 aliphatic carbocycles. The molecule has 6 rings (SSSR count). The highest BCUT2D eigenvalue weighted by Crippen LogP contribution is 2.43. The molecule has 0 aliphatic heterocycles. The molecule has 1 amide bonds. The molecule has 0 radical (unpaired) electrons. The van der Waals surface area contributed by atoms with Crippen LogP contribution in [0.1, 0.15) is 36.1 Å². The van der Waals surface area contributed by atoms with Gasteiger partial charge in [0.1, 0.15) is 0 Å². The van der Waals surface area contributed by atoms with Gasteiger partial charge in [0.05, 0.1) is 28.8 Å². The van der Waals surface area contributed by atoms with Gasteiger partial charge in [0.2, 0.25) is 0 Å². The molecule has 2 heterocycles. The number of carboxylic acid groups (broad SMARTS) is 1. The molecule has 3 N–H and O–H groups in total. The van der Waals surface area contributed by atoms with Crippen molar-refractivity contribution in [2.45, 2.75) is 37.6 Å². The van der Waals surface area contributed by atoms with Crippen LogP contribution in [0.4, 0.5) is 4.79 Å². The quantitative estimate of drug-likeness (QED) is 0.391. The molecule has 6 nitrogen and oxygen atoms in total. The van der Waals surface area contributed by atoms with E-state index in [4.69, 9.17) is 4.98 Å². The number of aromatic amines is 1. The minimum absolute atomic E-state index is 0.465. The highest BCUT2D eigenvalue weighted by molar-refractivity contribution is 5.85. The van der Waals surface area contributed by atoms with Gasteiger partial charge in [0.25, 0.3) is 0 Å². The minimum Gasteiger partial charge on any atom is -0.465 e. The number of H-pyrrole nitrogens is 1. The summed E-state index contributed by atoms with van der Waals surface area (Å²) in [7, 11) is 0. The summed E-state index contributed by atoms with van der Waals surface area (Å²) in [4.78, 5) is 16.5. The number of aryl methyl sites for hydroxylation is 2. The fourth-order valence-corrected chi connectivity index (χ4v) is 5.17. The summed E-state index contributed by atoms with van der Waals surface area (Å²) in [6.07, 6.45) is 5.44. The molecule has 4 aromatic rings. The van der Waals surface area contributed by atoms with Crippen molar-refractivity contribution in [2.24, 2.45) is 0 Å². The lowest BCUT2D eigenvalue weighted by atomic mass is 9.71. The summed E-state index contributed by atoms with van der Waals surface area (Å²) in [5.41, 5.74) is 9.21. The van der Waals surface area contributed by atoms with Gasteiger partial charge in [0.15, 0.2) is 0 Å².